The van der Waals surface area contributed by atoms with Crippen LogP contribution in [0.2, 0.25) is 0 Å². The molecule has 2 aromatic rings. The van der Waals surface area contributed by atoms with E-state index in [2.05, 4.69) is 15.5 Å². The van der Waals surface area contributed by atoms with E-state index in [1.807, 2.05) is 13.0 Å². The first kappa shape index (κ1) is 12.5. The molecule has 0 aliphatic rings. The first-order chi connectivity index (χ1) is 8.72. The SMILES string of the molecule is CCc1nnc(NCc2ccc(F)c(C#N)c2)s1. The fourth-order valence-electron chi connectivity index (χ4n) is 1.41. The summed E-state index contributed by atoms with van der Waals surface area (Å²) in [5, 5.41) is 21.5. The van der Waals surface area contributed by atoms with Crippen LogP contribution in [0.5, 0.6) is 0 Å². The molecule has 2 rings (SSSR count). The van der Waals surface area contributed by atoms with Crippen molar-refractivity contribution in [1.29, 1.82) is 5.26 Å². The number of rotatable bonds is 4. The van der Waals surface area contributed by atoms with Crippen LogP contribution in [-0.2, 0) is 13.0 Å². The number of aryl methyl sites for hydroxylation is 1. The molecule has 1 aromatic heterocycles. The molecule has 0 saturated carbocycles. The van der Waals surface area contributed by atoms with Crippen LogP contribution in [0.15, 0.2) is 18.2 Å². The monoisotopic (exact) mass is 262 g/mol. The van der Waals surface area contributed by atoms with Crippen molar-refractivity contribution in [2.24, 2.45) is 0 Å². The number of nitrogens with one attached hydrogen (secondary N) is 1. The summed E-state index contributed by atoms with van der Waals surface area (Å²) >= 11 is 1.49. The number of hydrogen-bond donors (Lipinski definition) is 1. The van der Waals surface area contributed by atoms with Crippen molar-refractivity contribution in [1.82, 2.24) is 10.2 Å². The van der Waals surface area contributed by atoms with Gasteiger partial charge in [-0.3, -0.25) is 0 Å². The van der Waals surface area contributed by atoms with E-state index in [9.17, 15) is 4.39 Å². The zero-order valence-electron chi connectivity index (χ0n) is 9.77. The van der Waals surface area contributed by atoms with Crippen molar-refractivity contribution in [3.63, 3.8) is 0 Å². The molecule has 0 radical (unpaired) electrons. The van der Waals surface area contributed by atoms with Gasteiger partial charge in [0.15, 0.2) is 0 Å². The zero-order valence-corrected chi connectivity index (χ0v) is 10.6. The van der Waals surface area contributed by atoms with Crippen LogP contribution in [0.4, 0.5) is 9.52 Å². The van der Waals surface area contributed by atoms with Gasteiger partial charge in [0, 0.05) is 6.54 Å². The number of benzene rings is 1. The Morgan fingerprint density at radius 2 is 2.28 bits per heavy atom. The first-order valence-corrected chi connectivity index (χ1v) is 6.29. The second kappa shape index (κ2) is 5.56. The Labute approximate surface area is 108 Å². The molecule has 0 bridgehead atoms. The molecular weight excluding hydrogens is 251 g/mol. The van der Waals surface area contributed by atoms with Crippen molar-refractivity contribution < 1.29 is 4.39 Å². The van der Waals surface area contributed by atoms with E-state index in [1.165, 1.54) is 23.5 Å². The van der Waals surface area contributed by atoms with Crippen LogP contribution in [-0.4, -0.2) is 10.2 Å². The van der Waals surface area contributed by atoms with E-state index in [-0.39, 0.29) is 5.56 Å². The third-order valence-electron chi connectivity index (χ3n) is 2.36. The number of nitrogens with zero attached hydrogens (tertiary/aromatic N) is 3. The summed E-state index contributed by atoms with van der Waals surface area (Å²) in [6, 6.07) is 6.29. The molecule has 6 heteroatoms. The average Bonchev–Trinajstić information content (AvgIpc) is 2.86. The van der Waals surface area contributed by atoms with Crippen LogP contribution >= 0.6 is 11.3 Å². The van der Waals surface area contributed by atoms with Gasteiger partial charge in [0.2, 0.25) is 5.13 Å². The maximum atomic E-state index is 13.1. The topological polar surface area (TPSA) is 61.6 Å². The van der Waals surface area contributed by atoms with Gasteiger partial charge in [0.05, 0.1) is 5.56 Å². The Kier molecular flexibility index (Phi) is 3.85. The Morgan fingerprint density at radius 3 is 2.94 bits per heavy atom. The Bertz CT molecular complexity index is 588. The fourth-order valence-corrected chi connectivity index (χ4v) is 2.09. The first-order valence-electron chi connectivity index (χ1n) is 5.47. The van der Waals surface area contributed by atoms with Gasteiger partial charge in [0.25, 0.3) is 0 Å². The standard InChI is InChI=1S/C12H11FN4S/c1-2-11-16-17-12(18-11)15-7-8-3-4-10(13)9(5-8)6-14/h3-5H,2,7H2,1H3,(H,15,17). The molecular formula is C12H11FN4S. The molecule has 0 amide bonds. The maximum Gasteiger partial charge on any atom is 0.205 e. The molecule has 92 valence electrons. The number of hydrogen-bond acceptors (Lipinski definition) is 5. The highest BCUT2D eigenvalue weighted by atomic mass is 32.1. The van der Waals surface area contributed by atoms with Crippen molar-refractivity contribution in [2.75, 3.05) is 5.32 Å². The minimum absolute atomic E-state index is 0.0563. The average molecular weight is 262 g/mol. The third-order valence-corrected chi connectivity index (χ3v) is 3.39. The van der Waals surface area contributed by atoms with Crippen molar-refractivity contribution in [2.45, 2.75) is 19.9 Å². The molecule has 18 heavy (non-hydrogen) atoms. The largest absolute Gasteiger partial charge is 0.356 e. The summed E-state index contributed by atoms with van der Waals surface area (Å²) in [6.45, 7) is 2.51. The van der Waals surface area contributed by atoms with Gasteiger partial charge >= 0.3 is 0 Å². The maximum absolute atomic E-state index is 13.1. The normalized spacial score (nSPS) is 10.1. The van der Waals surface area contributed by atoms with Crippen LogP contribution in [0.3, 0.4) is 0 Å². The second-order valence-electron chi connectivity index (χ2n) is 3.63. The highest BCUT2D eigenvalue weighted by molar-refractivity contribution is 7.15. The smallest absolute Gasteiger partial charge is 0.205 e. The molecule has 0 saturated heterocycles. The molecule has 0 fully saturated rings. The minimum atomic E-state index is -0.495. The van der Waals surface area contributed by atoms with Gasteiger partial charge in [-0.25, -0.2) is 4.39 Å². The van der Waals surface area contributed by atoms with Gasteiger partial charge in [-0.05, 0) is 24.1 Å². The Morgan fingerprint density at radius 1 is 1.44 bits per heavy atom. The number of nitriles is 1. The van der Waals surface area contributed by atoms with Gasteiger partial charge in [0.1, 0.15) is 16.9 Å². The summed E-state index contributed by atoms with van der Waals surface area (Å²) in [5.74, 6) is -0.495. The molecule has 0 unspecified atom stereocenters. The number of aromatic nitrogens is 2. The Balaban J connectivity index is 2.04. The number of halogens is 1. The van der Waals surface area contributed by atoms with Crippen LogP contribution < -0.4 is 5.32 Å². The second-order valence-corrected chi connectivity index (χ2v) is 4.70. The van der Waals surface area contributed by atoms with Crippen LogP contribution in [0, 0.1) is 17.1 Å². The minimum Gasteiger partial charge on any atom is -0.356 e. The third kappa shape index (κ3) is 2.81. The van der Waals surface area contributed by atoms with E-state index in [4.69, 9.17) is 5.26 Å². The van der Waals surface area contributed by atoms with E-state index in [0.717, 1.165) is 22.1 Å². The van der Waals surface area contributed by atoms with Crippen molar-refractivity contribution in [3.05, 3.63) is 40.2 Å². The van der Waals surface area contributed by atoms with Crippen molar-refractivity contribution >= 4 is 16.5 Å². The lowest BCUT2D eigenvalue weighted by molar-refractivity contribution is 0.623. The molecule has 1 aromatic carbocycles. The van der Waals surface area contributed by atoms with Crippen LogP contribution in [0.1, 0.15) is 23.1 Å². The van der Waals surface area contributed by atoms with Crippen LogP contribution in [0.25, 0.3) is 0 Å². The summed E-state index contributed by atoms with van der Waals surface area (Å²) < 4.78 is 13.1. The lowest BCUT2D eigenvalue weighted by atomic mass is 10.1. The fraction of sp³-hybridized carbons (Fsp3) is 0.250. The molecule has 0 atom stereocenters. The highest BCUT2D eigenvalue weighted by Gasteiger charge is 2.04. The Hall–Kier alpha value is -2.00. The van der Waals surface area contributed by atoms with Gasteiger partial charge in [-0.15, -0.1) is 10.2 Å². The van der Waals surface area contributed by atoms with Gasteiger partial charge in [-0.1, -0.05) is 24.3 Å². The zero-order chi connectivity index (χ0) is 13.0. The van der Waals surface area contributed by atoms with Crippen molar-refractivity contribution in [3.8, 4) is 6.07 Å². The van der Waals surface area contributed by atoms with E-state index in [0.29, 0.717) is 6.54 Å². The van der Waals surface area contributed by atoms with E-state index >= 15 is 0 Å². The van der Waals surface area contributed by atoms with E-state index < -0.39 is 5.82 Å². The van der Waals surface area contributed by atoms with Gasteiger partial charge in [-0.2, -0.15) is 5.26 Å². The molecule has 0 aliphatic heterocycles. The predicted octanol–water partition coefficient (Wildman–Crippen LogP) is 2.72. The molecule has 0 spiro atoms. The summed E-state index contributed by atoms with van der Waals surface area (Å²) in [5.41, 5.74) is 0.891. The lowest BCUT2D eigenvalue weighted by Gasteiger charge is -2.03. The molecule has 0 aliphatic carbocycles. The summed E-state index contributed by atoms with van der Waals surface area (Å²) in [4.78, 5) is 0. The predicted molar refractivity (Wildman–Crippen MR) is 67.7 cm³/mol. The lowest BCUT2D eigenvalue weighted by Crippen LogP contribution is -2.00. The summed E-state index contributed by atoms with van der Waals surface area (Å²) in [7, 11) is 0. The quantitative estimate of drug-likeness (QED) is 0.920. The summed E-state index contributed by atoms with van der Waals surface area (Å²) in [6.07, 6.45) is 0.856. The molecule has 1 N–H and O–H groups in total. The van der Waals surface area contributed by atoms with Gasteiger partial charge < -0.3 is 5.32 Å². The highest BCUT2D eigenvalue weighted by Crippen LogP contribution is 2.17. The molecule has 4 nitrogen and oxygen atoms in total. The molecule has 1 heterocycles. The van der Waals surface area contributed by atoms with E-state index in [1.54, 1.807) is 6.07 Å². The number of anilines is 1.